The van der Waals surface area contributed by atoms with E-state index < -0.39 is 0 Å². The maximum Gasteiger partial charge on any atom is 0.255 e. The zero-order valence-corrected chi connectivity index (χ0v) is 16.7. The van der Waals surface area contributed by atoms with Gasteiger partial charge in [0.15, 0.2) is 0 Å². The number of amides is 1. The Morgan fingerprint density at radius 1 is 1.27 bits per heavy atom. The Hall–Kier alpha value is -1.01. The van der Waals surface area contributed by atoms with Gasteiger partial charge in [-0.05, 0) is 55.7 Å². The lowest BCUT2D eigenvalue weighted by Crippen LogP contribution is -2.53. The van der Waals surface area contributed by atoms with Crippen molar-refractivity contribution in [2.45, 2.75) is 44.2 Å². The molecule has 2 aliphatic rings. The van der Waals surface area contributed by atoms with Gasteiger partial charge in [0.2, 0.25) is 0 Å². The smallest absolute Gasteiger partial charge is 0.255 e. The van der Waals surface area contributed by atoms with E-state index in [4.69, 9.17) is 26.8 Å². The first-order valence-electron chi connectivity index (χ1n) is 9.06. The Labute approximate surface area is 166 Å². The molecule has 2 bridgehead atoms. The predicted octanol–water partition coefficient (Wildman–Crippen LogP) is 3.42. The van der Waals surface area contributed by atoms with Gasteiger partial charge >= 0.3 is 0 Å². The van der Waals surface area contributed by atoms with E-state index in [0.29, 0.717) is 41.4 Å². The molecular weight excluding hydrogens is 375 g/mol. The number of rotatable bonds is 6. The summed E-state index contributed by atoms with van der Waals surface area (Å²) in [4.78, 5) is 12.9. The number of carbonyl (C=O) groups is 1. The van der Waals surface area contributed by atoms with Crippen LogP contribution in [-0.4, -0.2) is 38.3 Å². The molecule has 2 aliphatic carbocycles. The van der Waals surface area contributed by atoms with Crippen molar-refractivity contribution in [3.8, 4) is 5.75 Å². The molecule has 5 nitrogen and oxygen atoms in total. The number of methoxy groups -OCH3 is 1. The van der Waals surface area contributed by atoms with Crippen molar-refractivity contribution in [2.24, 2.45) is 17.6 Å². The number of ether oxygens (including phenoxy) is 2. The summed E-state index contributed by atoms with van der Waals surface area (Å²) < 4.78 is 10.7. The molecule has 2 fully saturated rings. The van der Waals surface area contributed by atoms with E-state index in [1.807, 2.05) is 0 Å². The molecular formula is C19H28Cl2N2O3. The molecule has 2 unspecified atom stereocenters. The van der Waals surface area contributed by atoms with Gasteiger partial charge < -0.3 is 20.5 Å². The summed E-state index contributed by atoms with van der Waals surface area (Å²) in [6, 6.07) is 5.61. The number of benzene rings is 1. The van der Waals surface area contributed by atoms with Crippen LogP contribution in [0, 0.1) is 11.8 Å². The first-order chi connectivity index (χ1) is 12.1. The highest BCUT2D eigenvalue weighted by Crippen LogP contribution is 2.40. The fourth-order valence-electron chi connectivity index (χ4n) is 4.29. The van der Waals surface area contributed by atoms with Crippen LogP contribution in [0.15, 0.2) is 18.2 Å². The third kappa shape index (κ3) is 5.03. The fraction of sp³-hybridized carbons (Fsp3) is 0.632. The van der Waals surface area contributed by atoms with Crippen LogP contribution < -0.4 is 15.8 Å². The summed E-state index contributed by atoms with van der Waals surface area (Å²) in [7, 11) is 1.62. The van der Waals surface area contributed by atoms with Gasteiger partial charge in [-0.25, -0.2) is 0 Å². The van der Waals surface area contributed by atoms with Crippen LogP contribution in [0.1, 0.15) is 42.5 Å². The molecule has 0 radical (unpaired) electrons. The number of fused-ring (bicyclic) bond motifs is 2. The van der Waals surface area contributed by atoms with Gasteiger partial charge in [-0.2, -0.15) is 0 Å². The van der Waals surface area contributed by atoms with E-state index in [1.54, 1.807) is 25.3 Å². The predicted molar refractivity (Wildman–Crippen MR) is 105 cm³/mol. The molecule has 26 heavy (non-hydrogen) atoms. The highest BCUT2D eigenvalue weighted by atomic mass is 35.5. The number of carbonyl (C=O) groups excluding carboxylic acids is 1. The van der Waals surface area contributed by atoms with Gasteiger partial charge in [0.1, 0.15) is 12.4 Å². The summed E-state index contributed by atoms with van der Waals surface area (Å²) in [5, 5.41) is 3.77. The van der Waals surface area contributed by atoms with Crippen LogP contribution in [0.5, 0.6) is 5.75 Å². The van der Waals surface area contributed by atoms with E-state index in [2.05, 4.69) is 5.32 Å². The van der Waals surface area contributed by atoms with Gasteiger partial charge in [-0.15, -0.1) is 12.4 Å². The monoisotopic (exact) mass is 402 g/mol. The number of halogens is 2. The number of hydrogen-bond acceptors (Lipinski definition) is 4. The Balaban J connectivity index is 0.00000243. The van der Waals surface area contributed by atoms with E-state index in [9.17, 15) is 4.79 Å². The maximum atomic E-state index is 12.9. The second-order valence-corrected chi connectivity index (χ2v) is 7.60. The molecule has 2 saturated carbocycles. The summed E-state index contributed by atoms with van der Waals surface area (Å²) in [5.41, 5.74) is 6.66. The lowest BCUT2D eigenvalue weighted by Gasteiger charge is -2.45. The third-order valence-corrected chi connectivity index (χ3v) is 5.64. The average Bonchev–Trinajstić information content (AvgIpc) is 2.57. The molecule has 2 atom stereocenters. The second-order valence-electron chi connectivity index (χ2n) is 7.16. The SMILES string of the molecule is COCCOc1ccc(Cl)cc1C(=O)NC1C2CCCC1CC(N)C2.Cl. The van der Waals surface area contributed by atoms with E-state index >= 15 is 0 Å². The van der Waals surface area contributed by atoms with Gasteiger partial charge in [-0.3, -0.25) is 4.79 Å². The Kier molecular flexibility index (Phi) is 8.02. The molecule has 3 N–H and O–H groups in total. The first-order valence-corrected chi connectivity index (χ1v) is 9.44. The quantitative estimate of drug-likeness (QED) is 0.714. The van der Waals surface area contributed by atoms with Gasteiger partial charge in [0.05, 0.1) is 12.2 Å². The van der Waals surface area contributed by atoms with Gasteiger partial charge in [0.25, 0.3) is 5.91 Å². The first kappa shape index (κ1) is 21.3. The van der Waals surface area contributed by atoms with Crippen LogP contribution in [0.25, 0.3) is 0 Å². The minimum Gasteiger partial charge on any atom is -0.490 e. The fourth-order valence-corrected chi connectivity index (χ4v) is 4.47. The van der Waals surface area contributed by atoms with Crippen molar-refractivity contribution < 1.29 is 14.3 Å². The zero-order chi connectivity index (χ0) is 17.8. The Morgan fingerprint density at radius 3 is 2.62 bits per heavy atom. The normalized spacial score (nSPS) is 27.3. The number of nitrogens with two attached hydrogens (primary N) is 1. The largest absolute Gasteiger partial charge is 0.490 e. The standard InChI is InChI=1S/C19H27ClN2O3.ClH/c1-24-7-8-25-17-6-5-14(20)11-16(17)19(23)22-18-12-3-2-4-13(18)10-15(21)9-12;/h5-6,11-13,15,18H,2-4,7-10,21H2,1H3,(H,22,23);1H. The van der Waals surface area contributed by atoms with Crippen LogP contribution in [0.4, 0.5) is 0 Å². The summed E-state index contributed by atoms with van der Waals surface area (Å²) in [5.74, 6) is 1.37. The molecule has 3 rings (SSSR count). The Bertz CT molecular complexity index is 600. The lowest BCUT2D eigenvalue weighted by molar-refractivity contribution is 0.0750. The molecule has 1 amide bonds. The second kappa shape index (κ2) is 9.79. The minimum absolute atomic E-state index is 0. The molecule has 0 aromatic heterocycles. The lowest BCUT2D eigenvalue weighted by atomic mass is 9.67. The van der Waals surface area contributed by atoms with Crippen molar-refractivity contribution >= 4 is 29.9 Å². The van der Waals surface area contributed by atoms with Crippen LogP contribution in [0.2, 0.25) is 5.02 Å². The van der Waals surface area contributed by atoms with Gasteiger partial charge in [-0.1, -0.05) is 18.0 Å². The van der Waals surface area contributed by atoms with Crippen LogP contribution in [-0.2, 0) is 4.74 Å². The third-order valence-electron chi connectivity index (χ3n) is 5.41. The molecule has 0 saturated heterocycles. The number of nitrogens with one attached hydrogen (secondary N) is 1. The van der Waals surface area contributed by atoms with Crippen molar-refractivity contribution in [1.82, 2.24) is 5.32 Å². The number of hydrogen-bond donors (Lipinski definition) is 2. The summed E-state index contributed by atoms with van der Waals surface area (Å²) >= 11 is 6.10. The maximum absolute atomic E-state index is 12.9. The van der Waals surface area contributed by atoms with E-state index in [0.717, 1.165) is 25.7 Å². The van der Waals surface area contributed by atoms with Gasteiger partial charge in [0, 0.05) is 24.2 Å². The molecule has 0 spiro atoms. The van der Waals surface area contributed by atoms with Crippen molar-refractivity contribution in [1.29, 1.82) is 0 Å². The average molecular weight is 403 g/mol. The Morgan fingerprint density at radius 2 is 1.96 bits per heavy atom. The zero-order valence-electron chi connectivity index (χ0n) is 15.1. The van der Waals surface area contributed by atoms with Crippen LogP contribution in [0.3, 0.4) is 0 Å². The molecule has 1 aromatic carbocycles. The van der Waals surface area contributed by atoms with E-state index in [1.165, 1.54) is 6.42 Å². The van der Waals surface area contributed by atoms with Crippen molar-refractivity contribution in [3.05, 3.63) is 28.8 Å². The van der Waals surface area contributed by atoms with E-state index in [-0.39, 0.29) is 30.4 Å². The van der Waals surface area contributed by atoms with Crippen molar-refractivity contribution in [2.75, 3.05) is 20.3 Å². The van der Waals surface area contributed by atoms with Crippen LogP contribution >= 0.6 is 24.0 Å². The highest BCUT2D eigenvalue weighted by Gasteiger charge is 2.40. The summed E-state index contributed by atoms with van der Waals surface area (Å²) in [6.07, 6.45) is 5.50. The topological polar surface area (TPSA) is 73.6 Å². The molecule has 1 aromatic rings. The minimum atomic E-state index is -0.118. The molecule has 0 heterocycles. The molecule has 0 aliphatic heterocycles. The van der Waals surface area contributed by atoms with Crippen molar-refractivity contribution in [3.63, 3.8) is 0 Å². The summed E-state index contributed by atoms with van der Waals surface area (Å²) in [6.45, 7) is 0.857. The molecule has 146 valence electrons. The highest BCUT2D eigenvalue weighted by molar-refractivity contribution is 6.31. The molecule has 7 heteroatoms.